The average molecular weight is 350 g/mol. The summed E-state index contributed by atoms with van der Waals surface area (Å²) in [5.41, 5.74) is 1.54. The highest BCUT2D eigenvalue weighted by Gasteiger charge is 2.13. The first-order valence-corrected chi connectivity index (χ1v) is 7.67. The highest BCUT2D eigenvalue weighted by molar-refractivity contribution is 6.37. The Morgan fingerprint density at radius 1 is 1.13 bits per heavy atom. The van der Waals surface area contributed by atoms with Crippen molar-refractivity contribution >= 4 is 35.2 Å². The Bertz CT molecular complexity index is 754. The van der Waals surface area contributed by atoms with Crippen molar-refractivity contribution in [1.29, 1.82) is 0 Å². The van der Waals surface area contributed by atoms with Gasteiger partial charge in [0.15, 0.2) is 11.5 Å². The number of carbonyl (C=O) groups excluding carboxylic acids is 1. The van der Waals surface area contributed by atoms with Crippen molar-refractivity contribution in [2.24, 2.45) is 0 Å². The first-order valence-electron chi connectivity index (χ1n) is 6.92. The zero-order valence-electron chi connectivity index (χ0n) is 12.0. The number of amides is 1. The van der Waals surface area contributed by atoms with Crippen LogP contribution in [-0.2, 0) is 11.3 Å². The van der Waals surface area contributed by atoms with Crippen LogP contribution in [0.25, 0.3) is 6.08 Å². The van der Waals surface area contributed by atoms with Gasteiger partial charge < -0.3 is 14.8 Å². The number of nitrogens with one attached hydrogen (secondary N) is 1. The molecular weight excluding hydrogens is 337 g/mol. The maximum absolute atomic E-state index is 11.9. The van der Waals surface area contributed by atoms with Crippen molar-refractivity contribution in [1.82, 2.24) is 5.32 Å². The summed E-state index contributed by atoms with van der Waals surface area (Å²) in [4.78, 5) is 11.9. The van der Waals surface area contributed by atoms with E-state index in [1.54, 1.807) is 24.3 Å². The molecule has 0 bridgehead atoms. The topological polar surface area (TPSA) is 47.6 Å². The molecule has 4 nitrogen and oxygen atoms in total. The number of hydrogen-bond acceptors (Lipinski definition) is 3. The average Bonchev–Trinajstić information content (AvgIpc) is 3.00. The minimum atomic E-state index is -0.237. The third-order valence-corrected chi connectivity index (χ3v) is 3.96. The molecule has 1 amide bonds. The minimum Gasteiger partial charge on any atom is -0.454 e. The third kappa shape index (κ3) is 3.78. The van der Waals surface area contributed by atoms with E-state index in [2.05, 4.69) is 5.32 Å². The van der Waals surface area contributed by atoms with Crippen molar-refractivity contribution in [3.8, 4) is 11.5 Å². The number of halogens is 2. The summed E-state index contributed by atoms with van der Waals surface area (Å²) >= 11 is 12.1. The zero-order valence-corrected chi connectivity index (χ0v) is 13.5. The van der Waals surface area contributed by atoms with Gasteiger partial charge in [-0.05, 0) is 35.9 Å². The number of benzene rings is 2. The Labute approximate surface area is 143 Å². The lowest BCUT2D eigenvalue weighted by Gasteiger charge is -2.04. The molecule has 0 fully saturated rings. The van der Waals surface area contributed by atoms with Crippen molar-refractivity contribution < 1.29 is 14.3 Å². The van der Waals surface area contributed by atoms with E-state index < -0.39 is 0 Å². The molecule has 0 atom stereocenters. The lowest BCUT2D eigenvalue weighted by atomic mass is 10.2. The van der Waals surface area contributed by atoms with E-state index in [0.29, 0.717) is 33.7 Å². The molecule has 0 aromatic heterocycles. The summed E-state index contributed by atoms with van der Waals surface area (Å²) in [6, 6.07) is 10.7. The molecule has 1 aliphatic rings. The fourth-order valence-corrected chi connectivity index (χ4v) is 2.65. The Kier molecular flexibility index (Phi) is 4.74. The fourth-order valence-electron chi connectivity index (χ4n) is 2.13. The molecule has 0 unspecified atom stereocenters. The molecule has 118 valence electrons. The monoisotopic (exact) mass is 349 g/mol. The van der Waals surface area contributed by atoms with Crippen molar-refractivity contribution in [3.63, 3.8) is 0 Å². The van der Waals surface area contributed by atoms with Crippen LogP contribution in [0.5, 0.6) is 11.5 Å². The van der Waals surface area contributed by atoms with Crippen LogP contribution in [0.15, 0.2) is 42.5 Å². The van der Waals surface area contributed by atoms with E-state index in [1.165, 1.54) is 6.08 Å². The molecule has 1 aliphatic heterocycles. The van der Waals surface area contributed by atoms with Crippen molar-refractivity contribution in [2.75, 3.05) is 6.79 Å². The van der Waals surface area contributed by atoms with E-state index in [4.69, 9.17) is 32.7 Å². The summed E-state index contributed by atoms with van der Waals surface area (Å²) in [6.07, 6.45) is 3.00. The second-order valence-corrected chi connectivity index (χ2v) is 5.69. The Morgan fingerprint density at radius 3 is 2.65 bits per heavy atom. The van der Waals surface area contributed by atoms with Gasteiger partial charge in [-0.2, -0.15) is 0 Å². The van der Waals surface area contributed by atoms with Gasteiger partial charge in [-0.25, -0.2) is 0 Å². The van der Waals surface area contributed by atoms with Crippen LogP contribution in [0.3, 0.4) is 0 Å². The van der Waals surface area contributed by atoms with Gasteiger partial charge in [0.25, 0.3) is 0 Å². The van der Waals surface area contributed by atoms with E-state index >= 15 is 0 Å². The normalized spacial score (nSPS) is 12.6. The van der Waals surface area contributed by atoms with Gasteiger partial charge in [-0.1, -0.05) is 35.3 Å². The predicted molar refractivity (Wildman–Crippen MR) is 89.9 cm³/mol. The molecule has 0 saturated carbocycles. The van der Waals surface area contributed by atoms with Gasteiger partial charge >= 0.3 is 0 Å². The maximum atomic E-state index is 11.9. The van der Waals surface area contributed by atoms with Gasteiger partial charge in [-0.3, -0.25) is 4.79 Å². The second kappa shape index (κ2) is 6.94. The number of fused-ring (bicyclic) bond motifs is 1. The summed E-state index contributed by atoms with van der Waals surface area (Å²) in [6.45, 7) is 0.614. The molecule has 0 saturated heterocycles. The van der Waals surface area contributed by atoms with E-state index in [1.807, 2.05) is 18.2 Å². The maximum Gasteiger partial charge on any atom is 0.244 e. The zero-order chi connectivity index (χ0) is 16.2. The molecule has 3 rings (SSSR count). The van der Waals surface area contributed by atoms with Crippen LogP contribution >= 0.6 is 23.2 Å². The molecule has 2 aromatic rings. The summed E-state index contributed by atoms with van der Waals surface area (Å²) in [7, 11) is 0. The predicted octanol–water partition coefficient (Wildman–Crippen LogP) is 4.05. The second-order valence-electron chi connectivity index (χ2n) is 4.87. The smallest absolute Gasteiger partial charge is 0.244 e. The Morgan fingerprint density at radius 2 is 1.87 bits per heavy atom. The van der Waals surface area contributed by atoms with Gasteiger partial charge in [0.2, 0.25) is 12.7 Å². The quantitative estimate of drug-likeness (QED) is 0.847. The lowest BCUT2D eigenvalue weighted by molar-refractivity contribution is -0.116. The standard InChI is InChI=1S/C17H13Cl2NO3/c18-13-2-1-3-14(19)12(13)5-7-17(21)20-9-11-4-6-15-16(8-11)23-10-22-15/h1-8H,9-10H2,(H,20,21)/b7-5+. The number of hydrogen-bond donors (Lipinski definition) is 1. The van der Waals surface area contributed by atoms with Crippen LogP contribution in [0, 0.1) is 0 Å². The van der Waals surface area contributed by atoms with Crippen molar-refractivity contribution in [3.05, 3.63) is 63.6 Å². The summed E-state index contributed by atoms with van der Waals surface area (Å²) < 4.78 is 10.5. The first kappa shape index (κ1) is 15.7. The van der Waals surface area contributed by atoms with Crippen molar-refractivity contribution in [2.45, 2.75) is 6.54 Å². The van der Waals surface area contributed by atoms with Gasteiger partial charge in [0, 0.05) is 28.2 Å². The highest BCUT2D eigenvalue weighted by atomic mass is 35.5. The molecule has 0 aliphatic carbocycles. The van der Waals surface area contributed by atoms with Crippen LogP contribution in [0.4, 0.5) is 0 Å². The van der Waals surface area contributed by atoms with Gasteiger partial charge in [0.1, 0.15) is 0 Å². The number of rotatable bonds is 4. The van der Waals surface area contributed by atoms with E-state index in [9.17, 15) is 4.79 Å². The molecule has 1 heterocycles. The van der Waals surface area contributed by atoms with Crippen LogP contribution < -0.4 is 14.8 Å². The van der Waals surface area contributed by atoms with Gasteiger partial charge in [-0.15, -0.1) is 0 Å². The van der Waals surface area contributed by atoms with Crippen LogP contribution in [-0.4, -0.2) is 12.7 Å². The molecule has 23 heavy (non-hydrogen) atoms. The van der Waals surface area contributed by atoms with E-state index in [0.717, 1.165) is 5.56 Å². The molecule has 2 aromatic carbocycles. The molecule has 6 heteroatoms. The third-order valence-electron chi connectivity index (χ3n) is 3.30. The molecular formula is C17H13Cl2NO3. The number of ether oxygens (including phenoxy) is 2. The Hall–Kier alpha value is -2.17. The largest absolute Gasteiger partial charge is 0.454 e. The van der Waals surface area contributed by atoms with Crippen LogP contribution in [0.1, 0.15) is 11.1 Å². The molecule has 0 radical (unpaired) electrons. The Balaban J connectivity index is 1.60. The molecule has 1 N–H and O–H groups in total. The number of carbonyl (C=O) groups is 1. The first-order chi connectivity index (χ1) is 11.1. The SMILES string of the molecule is O=C(/C=C/c1c(Cl)cccc1Cl)NCc1ccc2c(c1)OCO2. The summed E-state index contributed by atoms with van der Waals surface area (Å²) in [5, 5.41) is 3.79. The van der Waals surface area contributed by atoms with Gasteiger partial charge in [0.05, 0.1) is 0 Å². The molecule has 0 spiro atoms. The van der Waals surface area contributed by atoms with E-state index in [-0.39, 0.29) is 12.7 Å². The lowest BCUT2D eigenvalue weighted by Crippen LogP contribution is -2.20. The highest BCUT2D eigenvalue weighted by Crippen LogP contribution is 2.32. The summed E-state index contributed by atoms with van der Waals surface area (Å²) in [5.74, 6) is 1.17. The van der Waals surface area contributed by atoms with Crippen LogP contribution in [0.2, 0.25) is 10.0 Å². The fraction of sp³-hybridized carbons (Fsp3) is 0.118. The minimum absolute atomic E-state index is 0.229.